The first-order chi connectivity index (χ1) is 13.9. The van der Waals surface area contributed by atoms with Gasteiger partial charge in [-0.3, -0.25) is 9.59 Å². The minimum Gasteiger partial charge on any atom is -0.369 e. The topological polar surface area (TPSA) is 61.9 Å². The van der Waals surface area contributed by atoms with Gasteiger partial charge in [0.05, 0.1) is 30.2 Å². The van der Waals surface area contributed by atoms with Crippen molar-refractivity contribution in [3.8, 4) is 0 Å². The Kier molecular flexibility index (Phi) is 4.21. The lowest BCUT2D eigenvalue weighted by Gasteiger charge is -2.25. The van der Waals surface area contributed by atoms with Gasteiger partial charge >= 0.3 is 0 Å². The normalized spacial score (nSPS) is 32.6. The number of anilines is 2. The molecule has 0 aromatic heterocycles. The molecule has 1 N–H and O–H groups in total. The van der Waals surface area contributed by atoms with E-state index >= 15 is 0 Å². The lowest BCUT2D eigenvalue weighted by Crippen LogP contribution is -2.42. The molecular weight excluding hydrogens is 373 g/mol. The van der Waals surface area contributed by atoms with Crippen molar-refractivity contribution >= 4 is 23.2 Å². The van der Waals surface area contributed by atoms with E-state index in [4.69, 9.17) is 4.74 Å². The number of hydrogen-bond acceptors (Lipinski definition) is 4. The van der Waals surface area contributed by atoms with E-state index in [9.17, 15) is 14.0 Å². The fourth-order valence-electron chi connectivity index (χ4n) is 5.29. The van der Waals surface area contributed by atoms with E-state index in [0.29, 0.717) is 17.9 Å². The summed E-state index contributed by atoms with van der Waals surface area (Å²) in [6, 6.07) is 4.86. The van der Waals surface area contributed by atoms with Crippen molar-refractivity contribution in [2.24, 2.45) is 11.8 Å². The number of nitrogens with one attached hydrogen (secondary N) is 1. The third kappa shape index (κ3) is 2.78. The van der Waals surface area contributed by atoms with Crippen LogP contribution in [0.1, 0.15) is 26.7 Å². The maximum atomic E-state index is 14.6. The predicted octanol–water partition coefficient (Wildman–Crippen LogP) is 2.55. The zero-order valence-corrected chi connectivity index (χ0v) is 16.7. The SMILES string of the molecule is CC(C)N1C[C@@]23C=C[C@@H](O2)[C@H](C(=O)Nc2ccc(N4CCCC4)c(F)c2)[C@H]3C1=O. The van der Waals surface area contributed by atoms with Crippen LogP contribution in [0, 0.1) is 17.7 Å². The number of carbonyl (C=O) groups excluding carboxylic acids is 2. The smallest absolute Gasteiger partial charge is 0.231 e. The van der Waals surface area contributed by atoms with Crippen LogP contribution in [0.15, 0.2) is 30.4 Å². The van der Waals surface area contributed by atoms with Crippen LogP contribution in [0.25, 0.3) is 0 Å². The van der Waals surface area contributed by atoms with Crippen molar-refractivity contribution in [1.29, 1.82) is 0 Å². The van der Waals surface area contributed by atoms with E-state index in [1.165, 1.54) is 6.07 Å². The van der Waals surface area contributed by atoms with Crippen molar-refractivity contribution in [1.82, 2.24) is 4.90 Å². The summed E-state index contributed by atoms with van der Waals surface area (Å²) in [5.41, 5.74) is 0.269. The highest BCUT2D eigenvalue weighted by atomic mass is 19.1. The summed E-state index contributed by atoms with van der Waals surface area (Å²) in [7, 11) is 0. The molecule has 6 nitrogen and oxygen atoms in total. The minimum absolute atomic E-state index is 0.0393. The minimum atomic E-state index is -0.709. The van der Waals surface area contributed by atoms with Crippen LogP contribution in [0.2, 0.25) is 0 Å². The molecule has 4 heterocycles. The summed E-state index contributed by atoms with van der Waals surface area (Å²) < 4.78 is 20.7. The summed E-state index contributed by atoms with van der Waals surface area (Å²) in [6.45, 7) is 6.11. The van der Waals surface area contributed by atoms with Crippen LogP contribution in [-0.4, -0.2) is 54.1 Å². The molecule has 3 saturated heterocycles. The molecule has 5 rings (SSSR count). The molecular formula is C22H26FN3O3. The molecule has 1 aromatic rings. The number of carbonyl (C=O) groups is 2. The van der Waals surface area contributed by atoms with Gasteiger partial charge in [0.25, 0.3) is 0 Å². The van der Waals surface area contributed by atoms with Gasteiger partial charge in [-0.05, 0) is 44.9 Å². The van der Waals surface area contributed by atoms with Crippen molar-refractivity contribution < 1.29 is 18.7 Å². The van der Waals surface area contributed by atoms with Crippen LogP contribution in [-0.2, 0) is 14.3 Å². The monoisotopic (exact) mass is 399 g/mol. The number of benzene rings is 1. The number of ether oxygens (including phenoxy) is 1. The van der Waals surface area contributed by atoms with Gasteiger partial charge in [0, 0.05) is 24.8 Å². The standard InChI is InChI=1S/C22H26FN3O3/c1-13(2)26-12-22-8-7-17(29-22)18(19(22)21(26)28)20(27)24-14-5-6-16(15(23)11-14)25-9-3-4-10-25/h5-8,11,13,17-19H,3-4,9-10,12H2,1-2H3,(H,24,27)/t17-,18+,19+,22-/m1/s1. The van der Waals surface area contributed by atoms with Gasteiger partial charge in [-0.15, -0.1) is 0 Å². The molecule has 1 aromatic carbocycles. The van der Waals surface area contributed by atoms with Crippen LogP contribution >= 0.6 is 0 Å². The second-order valence-electron chi connectivity index (χ2n) is 8.81. The van der Waals surface area contributed by atoms with E-state index in [0.717, 1.165) is 25.9 Å². The molecule has 0 saturated carbocycles. The average Bonchev–Trinajstić information content (AvgIpc) is 3.43. The summed E-state index contributed by atoms with van der Waals surface area (Å²) >= 11 is 0. The summed E-state index contributed by atoms with van der Waals surface area (Å²) in [6.07, 6.45) is 5.55. The maximum absolute atomic E-state index is 14.6. The van der Waals surface area contributed by atoms with Gasteiger partial charge in [-0.2, -0.15) is 0 Å². The van der Waals surface area contributed by atoms with Crippen molar-refractivity contribution in [2.75, 3.05) is 29.9 Å². The Balaban J connectivity index is 1.36. The Hall–Kier alpha value is -2.41. The number of fused-ring (bicyclic) bond motifs is 1. The van der Waals surface area contributed by atoms with E-state index in [1.807, 2.05) is 30.9 Å². The van der Waals surface area contributed by atoms with Crippen LogP contribution in [0.3, 0.4) is 0 Å². The largest absolute Gasteiger partial charge is 0.369 e. The fourth-order valence-corrected chi connectivity index (χ4v) is 5.29. The van der Waals surface area contributed by atoms with Crippen molar-refractivity contribution in [3.63, 3.8) is 0 Å². The highest BCUT2D eigenvalue weighted by Crippen LogP contribution is 2.52. The lowest BCUT2D eigenvalue weighted by molar-refractivity contribution is -0.136. The van der Waals surface area contributed by atoms with Crippen molar-refractivity contribution in [2.45, 2.75) is 44.4 Å². The number of amides is 2. The predicted molar refractivity (Wildman–Crippen MR) is 107 cm³/mol. The third-order valence-electron chi connectivity index (χ3n) is 6.72. The van der Waals surface area contributed by atoms with E-state index < -0.39 is 23.5 Å². The molecule has 0 aliphatic carbocycles. The third-order valence-corrected chi connectivity index (χ3v) is 6.72. The van der Waals surface area contributed by atoms with Crippen LogP contribution in [0.4, 0.5) is 15.8 Å². The van der Waals surface area contributed by atoms with Gasteiger partial charge in [0.2, 0.25) is 11.8 Å². The molecule has 4 atom stereocenters. The Morgan fingerprint density at radius 3 is 2.76 bits per heavy atom. The van der Waals surface area contributed by atoms with E-state index in [1.54, 1.807) is 17.0 Å². The highest BCUT2D eigenvalue weighted by Gasteiger charge is 2.67. The number of rotatable bonds is 4. The van der Waals surface area contributed by atoms with Gasteiger partial charge in [-0.25, -0.2) is 4.39 Å². The van der Waals surface area contributed by atoms with Gasteiger partial charge < -0.3 is 19.9 Å². The maximum Gasteiger partial charge on any atom is 0.231 e. The van der Waals surface area contributed by atoms with Gasteiger partial charge in [0.1, 0.15) is 11.4 Å². The number of likely N-dealkylation sites (tertiary alicyclic amines) is 1. The Bertz CT molecular complexity index is 895. The van der Waals surface area contributed by atoms with Crippen LogP contribution in [0.5, 0.6) is 0 Å². The number of nitrogens with zero attached hydrogens (tertiary/aromatic N) is 2. The molecule has 7 heteroatoms. The summed E-state index contributed by atoms with van der Waals surface area (Å²) in [5, 5.41) is 2.82. The Morgan fingerprint density at radius 2 is 2.07 bits per heavy atom. The first-order valence-electron chi connectivity index (χ1n) is 10.4. The molecule has 0 unspecified atom stereocenters. The summed E-state index contributed by atoms with van der Waals surface area (Å²) in [5.74, 6) is -1.79. The molecule has 2 amide bonds. The van der Waals surface area contributed by atoms with Gasteiger partial charge in [-0.1, -0.05) is 12.2 Å². The molecule has 1 spiro atoms. The van der Waals surface area contributed by atoms with E-state index in [-0.39, 0.29) is 23.7 Å². The zero-order valence-electron chi connectivity index (χ0n) is 16.7. The van der Waals surface area contributed by atoms with E-state index in [2.05, 4.69) is 5.32 Å². The van der Waals surface area contributed by atoms with Crippen LogP contribution < -0.4 is 10.2 Å². The average molecular weight is 399 g/mol. The molecule has 0 radical (unpaired) electrons. The first-order valence-corrected chi connectivity index (χ1v) is 10.4. The second-order valence-corrected chi connectivity index (χ2v) is 8.81. The molecule has 2 bridgehead atoms. The number of halogens is 1. The molecule has 3 fully saturated rings. The molecule has 29 heavy (non-hydrogen) atoms. The van der Waals surface area contributed by atoms with Gasteiger partial charge in [0.15, 0.2) is 0 Å². The Labute approximate surface area is 169 Å². The molecule has 4 aliphatic rings. The quantitative estimate of drug-likeness (QED) is 0.791. The van der Waals surface area contributed by atoms with Crippen molar-refractivity contribution in [3.05, 3.63) is 36.2 Å². The molecule has 4 aliphatic heterocycles. The summed E-state index contributed by atoms with van der Waals surface area (Å²) in [4.78, 5) is 29.9. The zero-order chi connectivity index (χ0) is 20.3. The Morgan fingerprint density at radius 1 is 1.31 bits per heavy atom. The highest BCUT2D eigenvalue weighted by molar-refractivity contribution is 5.99. The molecule has 154 valence electrons. The second kappa shape index (κ2) is 6.55. The first kappa shape index (κ1) is 18.6. The fraction of sp³-hybridized carbons (Fsp3) is 0.545. The lowest BCUT2D eigenvalue weighted by atomic mass is 9.77. The number of hydrogen-bond donors (Lipinski definition) is 1.